The van der Waals surface area contributed by atoms with Crippen molar-refractivity contribution >= 4 is 5.82 Å². The maximum absolute atomic E-state index is 12.5. The van der Waals surface area contributed by atoms with Crippen molar-refractivity contribution in [3.63, 3.8) is 0 Å². The topological polar surface area (TPSA) is 94.8 Å². The lowest BCUT2D eigenvalue weighted by atomic mass is 10.0. The van der Waals surface area contributed by atoms with Crippen LogP contribution in [0.1, 0.15) is 5.56 Å². The first-order valence-corrected chi connectivity index (χ1v) is 11.1. The smallest absolute Gasteiger partial charge is 0.267 e. The van der Waals surface area contributed by atoms with Gasteiger partial charge in [-0.3, -0.25) is 4.79 Å². The second-order valence-electron chi connectivity index (χ2n) is 7.73. The third-order valence-corrected chi connectivity index (χ3v) is 5.35. The summed E-state index contributed by atoms with van der Waals surface area (Å²) in [5.74, 6) is 2.74. The zero-order valence-electron chi connectivity index (χ0n) is 19.6. The van der Waals surface area contributed by atoms with Crippen LogP contribution in [0.2, 0.25) is 0 Å². The minimum Gasteiger partial charge on any atom is -0.508 e. The van der Waals surface area contributed by atoms with Crippen LogP contribution in [-0.4, -0.2) is 42.3 Å². The number of aromatic hydroxyl groups is 1. The van der Waals surface area contributed by atoms with Crippen molar-refractivity contribution in [3.05, 3.63) is 94.8 Å². The maximum atomic E-state index is 12.5. The molecule has 4 rings (SSSR count). The fourth-order valence-corrected chi connectivity index (χ4v) is 3.66. The molecule has 1 aromatic heterocycles. The Balaban J connectivity index is 1.45. The van der Waals surface area contributed by atoms with E-state index in [2.05, 4.69) is 10.4 Å². The van der Waals surface area contributed by atoms with E-state index in [0.717, 1.165) is 16.7 Å². The number of rotatable bonds is 10. The first-order valence-electron chi connectivity index (χ1n) is 11.1. The fraction of sp³-hybridized carbons (Fsp3) is 0.185. The molecule has 0 saturated heterocycles. The second kappa shape index (κ2) is 11.1. The standard InChI is InChI=1S/C27H27N3O5/c1-33-23-11-10-19(16-22(23)20-6-5-7-21(31)17-20)18-30-27(32)13-12-26(29-30)28-14-15-35-25-9-4-3-8-24(25)34-2/h3-13,16-17,31H,14-15,18H2,1-2H3,(H,28,29). The van der Waals surface area contributed by atoms with Crippen LogP contribution in [0.15, 0.2) is 83.7 Å². The quantitative estimate of drug-likeness (QED) is 0.334. The van der Waals surface area contributed by atoms with Crippen LogP contribution in [-0.2, 0) is 6.54 Å². The highest BCUT2D eigenvalue weighted by Crippen LogP contribution is 2.32. The van der Waals surface area contributed by atoms with E-state index in [0.29, 0.717) is 36.2 Å². The van der Waals surface area contributed by atoms with E-state index in [9.17, 15) is 9.90 Å². The third-order valence-electron chi connectivity index (χ3n) is 5.35. The van der Waals surface area contributed by atoms with E-state index < -0.39 is 0 Å². The van der Waals surface area contributed by atoms with Gasteiger partial charge in [0.2, 0.25) is 0 Å². The van der Waals surface area contributed by atoms with Crippen LogP contribution < -0.4 is 25.1 Å². The van der Waals surface area contributed by atoms with Gasteiger partial charge in [0, 0.05) is 11.6 Å². The van der Waals surface area contributed by atoms with Crippen LogP contribution >= 0.6 is 0 Å². The lowest BCUT2D eigenvalue weighted by molar-refractivity contribution is 0.305. The minimum atomic E-state index is -0.212. The molecular formula is C27H27N3O5. The van der Waals surface area contributed by atoms with Crippen LogP contribution in [0, 0.1) is 0 Å². The summed E-state index contributed by atoms with van der Waals surface area (Å²) in [4.78, 5) is 12.5. The summed E-state index contributed by atoms with van der Waals surface area (Å²) in [6, 6.07) is 23.2. The first kappa shape index (κ1) is 23.7. The van der Waals surface area contributed by atoms with Crippen molar-refractivity contribution in [1.29, 1.82) is 0 Å². The molecule has 0 amide bonds. The normalized spacial score (nSPS) is 10.6. The summed E-state index contributed by atoms with van der Waals surface area (Å²) in [6.45, 7) is 1.17. The average Bonchev–Trinajstić information content (AvgIpc) is 2.88. The molecule has 2 N–H and O–H groups in total. The fourth-order valence-electron chi connectivity index (χ4n) is 3.66. The molecular weight excluding hydrogens is 446 g/mol. The Morgan fingerprint density at radius 3 is 2.46 bits per heavy atom. The Labute approximate surface area is 203 Å². The van der Waals surface area contributed by atoms with Gasteiger partial charge in [0.25, 0.3) is 5.56 Å². The van der Waals surface area contributed by atoms with Gasteiger partial charge in [-0.25, -0.2) is 4.68 Å². The van der Waals surface area contributed by atoms with Crippen molar-refractivity contribution in [2.75, 3.05) is 32.7 Å². The second-order valence-corrected chi connectivity index (χ2v) is 7.73. The Kier molecular flexibility index (Phi) is 7.52. The van der Waals surface area contributed by atoms with E-state index in [1.54, 1.807) is 38.5 Å². The SMILES string of the molecule is COc1ccccc1OCCNc1ccc(=O)n(Cc2ccc(OC)c(-c3cccc(O)c3)c2)n1. The zero-order valence-corrected chi connectivity index (χ0v) is 19.6. The van der Waals surface area contributed by atoms with Gasteiger partial charge in [-0.05, 0) is 53.6 Å². The molecule has 0 atom stereocenters. The first-order chi connectivity index (χ1) is 17.1. The molecule has 0 bridgehead atoms. The Morgan fingerprint density at radius 1 is 0.886 bits per heavy atom. The number of hydrogen-bond acceptors (Lipinski definition) is 7. The molecule has 8 nitrogen and oxygen atoms in total. The van der Waals surface area contributed by atoms with E-state index >= 15 is 0 Å². The highest BCUT2D eigenvalue weighted by atomic mass is 16.5. The molecule has 0 aliphatic rings. The van der Waals surface area contributed by atoms with Gasteiger partial charge >= 0.3 is 0 Å². The molecule has 3 aromatic carbocycles. The highest BCUT2D eigenvalue weighted by Gasteiger charge is 2.10. The molecule has 0 radical (unpaired) electrons. The molecule has 0 aliphatic carbocycles. The van der Waals surface area contributed by atoms with Gasteiger partial charge in [-0.2, -0.15) is 5.10 Å². The predicted octanol–water partition coefficient (Wildman–Crippen LogP) is 4.17. The van der Waals surface area contributed by atoms with E-state index in [-0.39, 0.29) is 17.9 Å². The van der Waals surface area contributed by atoms with Crippen LogP contribution in [0.4, 0.5) is 5.82 Å². The Morgan fingerprint density at radius 2 is 1.69 bits per heavy atom. The Bertz CT molecular complexity index is 1350. The lowest BCUT2D eigenvalue weighted by Gasteiger charge is -2.13. The van der Waals surface area contributed by atoms with E-state index in [4.69, 9.17) is 14.2 Å². The van der Waals surface area contributed by atoms with Crippen LogP contribution in [0.25, 0.3) is 11.1 Å². The number of phenols is 1. The van der Waals surface area contributed by atoms with Gasteiger partial charge in [-0.15, -0.1) is 0 Å². The summed E-state index contributed by atoms with van der Waals surface area (Å²) in [6.07, 6.45) is 0. The van der Waals surface area contributed by atoms with Crippen molar-refractivity contribution < 1.29 is 19.3 Å². The summed E-state index contributed by atoms with van der Waals surface area (Å²) in [5.41, 5.74) is 2.29. The number of ether oxygens (including phenoxy) is 3. The van der Waals surface area contributed by atoms with E-state index in [1.165, 1.54) is 10.7 Å². The van der Waals surface area contributed by atoms with Gasteiger partial charge in [0.15, 0.2) is 11.5 Å². The average molecular weight is 474 g/mol. The van der Waals surface area contributed by atoms with Gasteiger partial charge in [0.1, 0.15) is 23.9 Å². The van der Waals surface area contributed by atoms with E-state index in [1.807, 2.05) is 48.5 Å². The number of aromatic nitrogens is 2. The molecule has 0 aliphatic heterocycles. The zero-order chi connectivity index (χ0) is 24.6. The highest BCUT2D eigenvalue weighted by molar-refractivity contribution is 5.72. The monoisotopic (exact) mass is 473 g/mol. The molecule has 1 heterocycles. The summed E-state index contributed by atoms with van der Waals surface area (Å²) >= 11 is 0. The largest absolute Gasteiger partial charge is 0.508 e. The molecule has 4 aromatic rings. The number of nitrogens with one attached hydrogen (secondary N) is 1. The van der Waals surface area contributed by atoms with Crippen molar-refractivity contribution in [3.8, 4) is 34.1 Å². The number of hydrogen-bond donors (Lipinski definition) is 2. The summed E-state index contributed by atoms with van der Waals surface area (Å²) in [7, 11) is 3.20. The van der Waals surface area contributed by atoms with Gasteiger partial charge in [0.05, 0.1) is 27.3 Å². The van der Waals surface area contributed by atoms with Crippen molar-refractivity contribution in [1.82, 2.24) is 9.78 Å². The number of methoxy groups -OCH3 is 2. The lowest BCUT2D eigenvalue weighted by Crippen LogP contribution is -2.24. The Hall–Kier alpha value is -4.46. The number of anilines is 1. The molecule has 0 saturated carbocycles. The number of benzene rings is 3. The molecule has 0 fully saturated rings. The van der Waals surface area contributed by atoms with Crippen LogP contribution in [0.3, 0.4) is 0 Å². The summed E-state index contributed by atoms with van der Waals surface area (Å²) < 4.78 is 18.0. The van der Waals surface area contributed by atoms with Gasteiger partial charge < -0.3 is 24.6 Å². The van der Waals surface area contributed by atoms with Gasteiger partial charge in [-0.1, -0.05) is 30.3 Å². The van der Waals surface area contributed by atoms with Crippen molar-refractivity contribution in [2.45, 2.75) is 6.54 Å². The minimum absolute atomic E-state index is 0.168. The number of phenolic OH excluding ortho intramolecular Hbond substituents is 1. The number of nitrogens with zero attached hydrogens (tertiary/aromatic N) is 2. The van der Waals surface area contributed by atoms with Crippen molar-refractivity contribution in [2.24, 2.45) is 0 Å². The molecule has 0 unspecified atom stereocenters. The number of para-hydroxylation sites is 2. The third kappa shape index (κ3) is 5.92. The molecule has 8 heteroatoms. The molecule has 0 spiro atoms. The predicted molar refractivity (Wildman–Crippen MR) is 135 cm³/mol. The summed E-state index contributed by atoms with van der Waals surface area (Å²) in [5, 5.41) is 17.5. The van der Waals surface area contributed by atoms with Crippen LogP contribution in [0.5, 0.6) is 23.0 Å². The maximum Gasteiger partial charge on any atom is 0.267 e. The molecule has 180 valence electrons. The molecule has 35 heavy (non-hydrogen) atoms.